The van der Waals surface area contributed by atoms with Crippen LogP contribution in [-0.4, -0.2) is 4.98 Å². The molecule has 1 aromatic heterocycles. The van der Waals surface area contributed by atoms with Gasteiger partial charge in [-0.2, -0.15) is 0 Å². The van der Waals surface area contributed by atoms with E-state index in [-0.39, 0.29) is 5.82 Å². The molecular weight excluding hydrogens is 297 g/mol. The van der Waals surface area contributed by atoms with Gasteiger partial charge in [0, 0.05) is 5.33 Å². The predicted octanol–water partition coefficient (Wildman–Crippen LogP) is 4.53. The minimum atomic E-state index is -0.329. The minimum absolute atomic E-state index is 0.315. The fraction of sp³-hybridized carbons (Fsp3) is 0.0714. The molecule has 18 heavy (non-hydrogen) atoms. The normalized spacial score (nSPS) is 11.0. The van der Waals surface area contributed by atoms with Crippen LogP contribution in [0.2, 0.25) is 0 Å². The van der Waals surface area contributed by atoms with E-state index in [1.807, 2.05) is 18.2 Å². The molecule has 3 aromatic rings. The molecule has 0 unspecified atom stereocenters. The van der Waals surface area contributed by atoms with E-state index in [1.165, 1.54) is 6.07 Å². The van der Waals surface area contributed by atoms with E-state index in [0.717, 1.165) is 16.4 Å². The van der Waals surface area contributed by atoms with Crippen LogP contribution in [-0.2, 0) is 5.33 Å². The Labute approximate surface area is 112 Å². The molecule has 0 bridgehead atoms. The van der Waals surface area contributed by atoms with Crippen molar-refractivity contribution in [3.05, 3.63) is 53.8 Å². The van der Waals surface area contributed by atoms with Crippen LogP contribution in [0.5, 0.6) is 0 Å². The van der Waals surface area contributed by atoms with Gasteiger partial charge in [0.2, 0.25) is 5.89 Å². The van der Waals surface area contributed by atoms with Crippen LogP contribution in [0.3, 0.4) is 0 Å². The molecule has 0 saturated carbocycles. The van der Waals surface area contributed by atoms with E-state index in [1.54, 1.807) is 18.2 Å². The lowest BCUT2D eigenvalue weighted by Gasteiger charge is -1.95. The molecule has 0 N–H and O–H groups in total. The van der Waals surface area contributed by atoms with Crippen molar-refractivity contribution in [3.8, 4) is 11.5 Å². The lowest BCUT2D eigenvalue weighted by atomic mass is 10.2. The molecule has 0 radical (unpaired) electrons. The highest BCUT2D eigenvalue weighted by Crippen LogP contribution is 2.27. The molecule has 2 nitrogen and oxygen atoms in total. The summed E-state index contributed by atoms with van der Waals surface area (Å²) in [5.74, 6) is -0.0143. The number of halogens is 2. The second-order valence-electron chi connectivity index (χ2n) is 3.93. The molecule has 0 fully saturated rings. The molecule has 90 valence electrons. The van der Waals surface area contributed by atoms with E-state index < -0.39 is 0 Å². The summed E-state index contributed by atoms with van der Waals surface area (Å²) in [5.41, 5.74) is 2.90. The summed E-state index contributed by atoms with van der Waals surface area (Å²) < 4.78 is 19.2. The lowest BCUT2D eigenvalue weighted by molar-refractivity contribution is 0.593. The Hall–Kier alpha value is -1.68. The molecule has 0 atom stereocenters. The maximum absolute atomic E-state index is 13.6. The van der Waals surface area contributed by atoms with Crippen molar-refractivity contribution in [3.63, 3.8) is 0 Å². The average molecular weight is 306 g/mol. The van der Waals surface area contributed by atoms with Gasteiger partial charge in [-0.05, 0) is 29.8 Å². The number of nitrogens with zero attached hydrogens (tertiary/aromatic N) is 1. The van der Waals surface area contributed by atoms with Crippen molar-refractivity contribution in [2.24, 2.45) is 0 Å². The zero-order valence-electron chi connectivity index (χ0n) is 9.36. The predicted molar refractivity (Wildman–Crippen MR) is 72.0 cm³/mol. The summed E-state index contributed by atoms with van der Waals surface area (Å²) in [6.45, 7) is 0. The Bertz CT molecular complexity index is 708. The van der Waals surface area contributed by atoms with Gasteiger partial charge >= 0.3 is 0 Å². The van der Waals surface area contributed by atoms with Crippen LogP contribution in [0.15, 0.2) is 46.9 Å². The number of hydrogen-bond acceptors (Lipinski definition) is 2. The van der Waals surface area contributed by atoms with Crippen LogP contribution in [0, 0.1) is 5.82 Å². The number of aromatic nitrogens is 1. The van der Waals surface area contributed by atoms with Crippen molar-refractivity contribution in [1.29, 1.82) is 0 Å². The Morgan fingerprint density at radius 1 is 1.17 bits per heavy atom. The van der Waals surface area contributed by atoms with Crippen molar-refractivity contribution >= 4 is 27.0 Å². The third-order valence-corrected chi connectivity index (χ3v) is 3.36. The monoisotopic (exact) mass is 305 g/mol. The third-order valence-electron chi connectivity index (χ3n) is 2.71. The highest BCUT2D eigenvalue weighted by Gasteiger charge is 2.11. The minimum Gasteiger partial charge on any atom is -0.436 e. The molecule has 0 aliphatic carbocycles. The molecule has 0 amide bonds. The molecule has 4 heteroatoms. The summed E-state index contributed by atoms with van der Waals surface area (Å²) in [6.07, 6.45) is 0. The van der Waals surface area contributed by atoms with Gasteiger partial charge in [0.15, 0.2) is 5.58 Å². The van der Waals surface area contributed by atoms with Crippen LogP contribution >= 0.6 is 15.9 Å². The van der Waals surface area contributed by atoms with Crippen molar-refractivity contribution in [1.82, 2.24) is 4.98 Å². The maximum Gasteiger partial charge on any atom is 0.230 e. The van der Waals surface area contributed by atoms with Crippen LogP contribution in [0.25, 0.3) is 22.6 Å². The molecule has 2 aromatic carbocycles. The molecule has 1 heterocycles. The van der Waals surface area contributed by atoms with Gasteiger partial charge in [-0.3, -0.25) is 0 Å². The summed E-state index contributed by atoms with van der Waals surface area (Å²) in [6, 6.07) is 12.2. The molecule has 0 spiro atoms. The quantitative estimate of drug-likeness (QED) is 0.650. The first-order valence-corrected chi connectivity index (χ1v) is 6.60. The topological polar surface area (TPSA) is 26.0 Å². The van der Waals surface area contributed by atoms with Crippen molar-refractivity contribution < 1.29 is 8.81 Å². The molecular formula is C14H9BrFNO. The highest BCUT2D eigenvalue weighted by atomic mass is 79.9. The number of benzene rings is 2. The second kappa shape index (κ2) is 4.53. The largest absolute Gasteiger partial charge is 0.436 e. The molecule has 0 aliphatic heterocycles. The first-order chi connectivity index (χ1) is 8.78. The zero-order chi connectivity index (χ0) is 12.5. The Balaban J connectivity index is 2.17. The zero-order valence-corrected chi connectivity index (χ0v) is 10.9. The lowest BCUT2D eigenvalue weighted by Crippen LogP contribution is -1.82. The fourth-order valence-corrected chi connectivity index (χ4v) is 2.15. The number of rotatable bonds is 2. The van der Waals surface area contributed by atoms with E-state index in [4.69, 9.17) is 4.42 Å². The van der Waals surface area contributed by atoms with Crippen molar-refractivity contribution in [2.75, 3.05) is 0 Å². The second-order valence-corrected chi connectivity index (χ2v) is 4.50. The average Bonchev–Trinajstić information content (AvgIpc) is 2.81. The van der Waals surface area contributed by atoms with Gasteiger partial charge in [0.1, 0.15) is 11.3 Å². The van der Waals surface area contributed by atoms with Gasteiger partial charge < -0.3 is 4.42 Å². The van der Waals surface area contributed by atoms with Crippen molar-refractivity contribution in [2.45, 2.75) is 5.33 Å². The third kappa shape index (κ3) is 1.93. The first kappa shape index (κ1) is 11.4. The van der Waals surface area contributed by atoms with Gasteiger partial charge in [0.05, 0.1) is 5.56 Å². The van der Waals surface area contributed by atoms with E-state index in [0.29, 0.717) is 17.0 Å². The van der Waals surface area contributed by atoms with Crippen LogP contribution < -0.4 is 0 Å². The van der Waals surface area contributed by atoms with Gasteiger partial charge in [-0.15, -0.1) is 0 Å². The molecule has 3 rings (SSSR count). The molecule has 0 aliphatic rings. The van der Waals surface area contributed by atoms with Gasteiger partial charge in [0.25, 0.3) is 0 Å². The summed E-state index contributed by atoms with van der Waals surface area (Å²) in [7, 11) is 0. The SMILES string of the molecule is Fc1ccccc1-c1nc2cc(CBr)ccc2o1. The summed E-state index contributed by atoms with van der Waals surface area (Å²) in [4.78, 5) is 4.32. The number of hydrogen-bond donors (Lipinski definition) is 0. The standard InChI is InChI=1S/C14H9BrFNO/c15-8-9-5-6-13-12(7-9)17-14(18-13)10-3-1-2-4-11(10)16/h1-7H,8H2. The van der Waals surface area contributed by atoms with Crippen LogP contribution in [0.4, 0.5) is 4.39 Å². The highest BCUT2D eigenvalue weighted by molar-refractivity contribution is 9.08. The Morgan fingerprint density at radius 3 is 2.78 bits per heavy atom. The number of fused-ring (bicyclic) bond motifs is 1. The van der Waals surface area contributed by atoms with E-state index >= 15 is 0 Å². The Kier molecular flexibility index (Phi) is 2.88. The van der Waals surface area contributed by atoms with E-state index in [2.05, 4.69) is 20.9 Å². The smallest absolute Gasteiger partial charge is 0.230 e. The van der Waals surface area contributed by atoms with E-state index in [9.17, 15) is 4.39 Å². The summed E-state index contributed by atoms with van der Waals surface area (Å²) in [5, 5.41) is 0.755. The van der Waals surface area contributed by atoms with Crippen LogP contribution in [0.1, 0.15) is 5.56 Å². The first-order valence-electron chi connectivity index (χ1n) is 5.48. The number of alkyl halides is 1. The summed E-state index contributed by atoms with van der Waals surface area (Å²) >= 11 is 3.39. The molecule has 0 saturated heterocycles. The van der Waals surface area contributed by atoms with Gasteiger partial charge in [-0.25, -0.2) is 9.37 Å². The Morgan fingerprint density at radius 2 is 2.00 bits per heavy atom. The fourth-order valence-electron chi connectivity index (χ4n) is 1.81. The van der Waals surface area contributed by atoms with Gasteiger partial charge in [-0.1, -0.05) is 34.1 Å². The number of oxazole rings is 1. The maximum atomic E-state index is 13.6.